The van der Waals surface area contributed by atoms with Crippen molar-refractivity contribution in [1.82, 2.24) is 4.90 Å². The Labute approximate surface area is 81.3 Å². The number of hydrogen-bond donors (Lipinski definition) is 1. The van der Waals surface area contributed by atoms with E-state index < -0.39 is 0 Å². The van der Waals surface area contributed by atoms with Crippen molar-refractivity contribution < 1.29 is 14.7 Å². The quantitative estimate of drug-likeness (QED) is 0.685. The molecule has 0 aromatic rings. The van der Waals surface area contributed by atoms with Crippen molar-refractivity contribution in [2.45, 2.75) is 6.42 Å². The number of rotatable bonds is 3. The van der Waals surface area contributed by atoms with Gasteiger partial charge in [-0.25, -0.2) is 0 Å². The Morgan fingerprint density at radius 2 is 2.46 bits per heavy atom. The first-order valence-electron chi connectivity index (χ1n) is 4.16. The molecule has 0 aliphatic carbocycles. The van der Waals surface area contributed by atoms with Gasteiger partial charge in [-0.2, -0.15) is 0 Å². The average Bonchev–Trinajstić information content (AvgIpc) is 2.51. The van der Waals surface area contributed by atoms with Crippen LogP contribution in [0, 0.1) is 5.92 Å². The molecule has 0 saturated carbocycles. The number of aliphatic hydroxyl groups is 1. The first-order valence-corrected chi connectivity index (χ1v) is 5.15. The third kappa shape index (κ3) is 2.70. The molecular weight excluding hydrogens is 190 g/mol. The van der Waals surface area contributed by atoms with Gasteiger partial charge in [0.05, 0.1) is 12.5 Å². The zero-order valence-electron chi connectivity index (χ0n) is 7.52. The molecule has 5 heteroatoms. The van der Waals surface area contributed by atoms with E-state index in [9.17, 15) is 9.59 Å². The predicted molar refractivity (Wildman–Crippen MR) is 50.3 cm³/mol. The highest BCUT2D eigenvalue weighted by Crippen LogP contribution is 2.26. The van der Waals surface area contributed by atoms with E-state index in [0.717, 1.165) is 0 Å². The number of amides is 1. The summed E-state index contributed by atoms with van der Waals surface area (Å²) in [6, 6.07) is 0. The van der Waals surface area contributed by atoms with Crippen LogP contribution in [0.15, 0.2) is 0 Å². The Morgan fingerprint density at radius 3 is 2.92 bits per heavy atom. The van der Waals surface area contributed by atoms with Gasteiger partial charge in [0.1, 0.15) is 0 Å². The van der Waals surface area contributed by atoms with E-state index in [1.807, 2.05) is 0 Å². The predicted octanol–water partition coefficient (Wildman–Crippen LogP) is -0.283. The van der Waals surface area contributed by atoms with Crippen molar-refractivity contribution in [3.8, 4) is 0 Å². The second kappa shape index (κ2) is 4.62. The molecule has 74 valence electrons. The third-order valence-corrected chi connectivity index (χ3v) is 3.08. The lowest BCUT2D eigenvalue weighted by molar-refractivity contribution is -0.134. The van der Waals surface area contributed by atoms with Gasteiger partial charge in [-0.15, -0.1) is 0 Å². The summed E-state index contributed by atoms with van der Waals surface area (Å²) in [6.07, 6.45) is 0.346. The molecule has 1 rings (SSSR count). The lowest BCUT2D eigenvalue weighted by atomic mass is 10.1. The second-order valence-corrected chi connectivity index (χ2v) is 4.14. The number of thioether (sulfide) groups is 1. The topological polar surface area (TPSA) is 57.6 Å². The van der Waals surface area contributed by atoms with E-state index >= 15 is 0 Å². The maximum absolute atomic E-state index is 11.5. The fourth-order valence-corrected chi connectivity index (χ4v) is 2.21. The van der Waals surface area contributed by atoms with Crippen LogP contribution in [0.3, 0.4) is 0 Å². The van der Waals surface area contributed by atoms with Crippen molar-refractivity contribution in [3.63, 3.8) is 0 Å². The van der Waals surface area contributed by atoms with Gasteiger partial charge < -0.3 is 10.0 Å². The van der Waals surface area contributed by atoms with Gasteiger partial charge in [0, 0.05) is 25.8 Å². The molecule has 1 atom stereocenters. The minimum atomic E-state index is -0.172. The van der Waals surface area contributed by atoms with Gasteiger partial charge in [0.15, 0.2) is 5.12 Å². The highest BCUT2D eigenvalue weighted by atomic mass is 32.2. The highest BCUT2D eigenvalue weighted by molar-refractivity contribution is 8.14. The summed E-state index contributed by atoms with van der Waals surface area (Å²) >= 11 is 1.22. The van der Waals surface area contributed by atoms with Crippen molar-refractivity contribution in [2.24, 2.45) is 5.92 Å². The number of likely N-dealkylation sites (N-methyl/N-ethyl adjacent to an activating group) is 1. The maximum Gasteiger partial charge on any atom is 0.226 e. The first kappa shape index (κ1) is 10.5. The molecule has 13 heavy (non-hydrogen) atoms. The van der Waals surface area contributed by atoms with Crippen molar-refractivity contribution in [3.05, 3.63) is 0 Å². The van der Waals surface area contributed by atoms with Crippen LogP contribution in [-0.2, 0) is 9.59 Å². The molecule has 1 fully saturated rings. The Balaban J connectivity index is 2.43. The Kier molecular flexibility index (Phi) is 3.74. The van der Waals surface area contributed by atoms with Gasteiger partial charge in [-0.1, -0.05) is 11.8 Å². The van der Waals surface area contributed by atoms with Crippen LogP contribution in [-0.4, -0.2) is 47.0 Å². The molecule has 0 aromatic carbocycles. The molecule has 1 amide bonds. The van der Waals surface area contributed by atoms with Crippen LogP contribution in [0.2, 0.25) is 0 Å². The Bertz CT molecular complexity index is 219. The molecule has 0 bridgehead atoms. The highest BCUT2D eigenvalue weighted by Gasteiger charge is 2.30. The van der Waals surface area contributed by atoms with Gasteiger partial charge >= 0.3 is 0 Å². The van der Waals surface area contributed by atoms with E-state index in [2.05, 4.69) is 0 Å². The number of carbonyl (C=O) groups excluding carboxylic acids is 2. The molecule has 1 unspecified atom stereocenters. The van der Waals surface area contributed by atoms with E-state index in [1.165, 1.54) is 16.7 Å². The molecule has 0 spiro atoms. The van der Waals surface area contributed by atoms with Crippen LogP contribution in [0.5, 0.6) is 0 Å². The zero-order chi connectivity index (χ0) is 9.84. The van der Waals surface area contributed by atoms with Crippen LogP contribution < -0.4 is 0 Å². The fourth-order valence-electron chi connectivity index (χ4n) is 1.24. The largest absolute Gasteiger partial charge is 0.395 e. The van der Waals surface area contributed by atoms with Crippen molar-refractivity contribution in [1.29, 1.82) is 0 Å². The van der Waals surface area contributed by atoms with Crippen LogP contribution in [0.1, 0.15) is 6.42 Å². The number of carbonyl (C=O) groups is 2. The fraction of sp³-hybridized carbons (Fsp3) is 0.750. The lowest BCUT2D eigenvalue weighted by Crippen LogP contribution is -2.35. The van der Waals surface area contributed by atoms with Crippen molar-refractivity contribution >= 4 is 22.8 Å². The first-order chi connectivity index (χ1) is 6.15. The van der Waals surface area contributed by atoms with E-state index in [0.29, 0.717) is 18.7 Å². The summed E-state index contributed by atoms with van der Waals surface area (Å²) < 4.78 is 0. The minimum absolute atomic E-state index is 0.0317. The molecule has 0 aromatic heterocycles. The summed E-state index contributed by atoms with van der Waals surface area (Å²) in [7, 11) is 1.64. The monoisotopic (exact) mass is 203 g/mol. The molecule has 4 nitrogen and oxygen atoms in total. The molecule has 1 aliphatic rings. The minimum Gasteiger partial charge on any atom is -0.395 e. The zero-order valence-corrected chi connectivity index (χ0v) is 8.34. The van der Waals surface area contributed by atoms with Crippen LogP contribution in [0.4, 0.5) is 0 Å². The van der Waals surface area contributed by atoms with Crippen molar-refractivity contribution in [2.75, 3.05) is 26.0 Å². The summed E-state index contributed by atoms with van der Waals surface area (Å²) in [4.78, 5) is 23.9. The van der Waals surface area contributed by atoms with Crippen LogP contribution >= 0.6 is 11.8 Å². The average molecular weight is 203 g/mol. The Hall–Kier alpha value is -0.550. The molecule has 1 N–H and O–H groups in total. The molecule has 1 saturated heterocycles. The number of nitrogens with zero attached hydrogens (tertiary/aromatic N) is 1. The number of aliphatic hydroxyl groups excluding tert-OH is 1. The third-order valence-electron chi connectivity index (χ3n) is 2.02. The summed E-state index contributed by atoms with van der Waals surface area (Å²) in [6.45, 7) is 0.310. The van der Waals surface area contributed by atoms with Gasteiger partial charge in [0.2, 0.25) is 5.91 Å². The van der Waals surface area contributed by atoms with E-state index in [1.54, 1.807) is 7.05 Å². The normalized spacial score (nSPS) is 22.0. The second-order valence-electron chi connectivity index (χ2n) is 3.07. The summed E-state index contributed by atoms with van der Waals surface area (Å²) in [5.74, 6) is 0.384. The molecular formula is C8H13NO3S. The Morgan fingerprint density at radius 1 is 1.77 bits per heavy atom. The van der Waals surface area contributed by atoms with E-state index in [-0.39, 0.29) is 23.5 Å². The standard InChI is InChI=1S/C8H13NO3S/c1-9(2-3-10)8(12)6-4-7(11)13-5-6/h6,10H,2-5H2,1H3. The lowest BCUT2D eigenvalue weighted by Gasteiger charge is -2.18. The van der Waals surface area contributed by atoms with Gasteiger partial charge in [-0.3, -0.25) is 9.59 Å². The molecule has 1 aliphatic heterocycles. The summed E-state index contributed by atoms with van der Waals surface area (Å²) in [5, 5.41) is 8.71. The molecule has 0 radical (unpaired) electrons. The maximum atomic E-state index is 11.5. The van der Waals surface area contributed by atoms with Gasteiger partial charge in [0.25, 0.3) is 0 Å². The number of hydrogen-bond acceptors (Lipinski definition) is 4. The SMILES string of the molecule is CN(CCO)C(=O)C1CSC(=O)C1. The molecule has 1 heterocycles. The summed E-state index contributed by atoms with van der Waals surface area (Å²) in [5.41, 5.74) is 0. The van der Waals surface area contributed by atoms with Gasteiger partial charge in [-0.05, 0) is 0 Å². The van der Waals surface area contributed by atoms with Crippen LogP contribution in [0.25, 0.3) is 0 Å². The van der Waals surface area contributed by atoms with E-state index in [4.69, 9.17) is 5.11 Å². The smallest absolute Gasteiger partial charge is 0.226 e.